The lowest BCUT2D eigenvalue weighted by Crippen LogP contribution is -2.24. The van der Waals surface area contributed by atoms with Crippen LogP contribution in [0.1, 0.15) is 22.2 Å². The summed E-state index contributed by atoms with van der Waals surface area (Å²) in [4.78, 5) is 19.6. The molecule has 94 valence electrons. The minimum absolute atomic E-state index is 0.189. The van der Waals surface area contributed by atoms with Crippen molar-refractivity contribution in [3.63, 3.8) is 0 Å². The highest BCUT2D eigenvalue weighted by Crippen LogP contribution is 2.04. The number of nitrogens with zero attached hydrogens (tertiary/aromatic N) is 3. The van der Waals surface area contributed by atoms with Crippen molar-refractivity contribution in [1.29, 1.82) is 0 Å². The van der Waals surface area contributed by atoms with Crippen molar-refractivity contribution in [3.8, 4) is 0 Å². The number of nitrogens with one attached hydrogen (secondary N) is 2. The van der Waals surface area contributed by atoms with Gasteiger partial charge in [-0.25, -0.2) is 4.98 Å². The first kappa shape index (κ1) is 12.0. The number of amides is 1. The Labute approximate surface area is 103 Å². The van der Waals surface area contributed by atoms with Crippen LogP contribution in [0, 0.1) is 6.92 Å². The number of hydrazine groups is 1. The standard InChI is InChI=1S/C10H12N6O2/c1-6-14-9(16-18-6)5-13-10(17)8-3-2-7(15-11)4-12-8/h2-4,15H,5,11H2,1H3,(H,13,17). The topological polar surface area (TPSA) is 119 Å². The normalized spacial score (nSPS) is 10.1. The van der Waals surface area contributed by atoms with Crippen LogP contribution in [-0.4, -0.2) is 21.0 Å². The van der Waals surface area contributed by atoms with E-state index < -0.39 is 0 Å². The predicted octanol–water partition coefficient (Wildman–Crippen LogP) is -0.0114. The number of aryl methyl sites for hydroxylation is 1. The third kappa shape index (κ3) is 2.80. The summed E-state index contributed by atoms with van der Waals surface area (Å²) in [7, 11) is 0. The number of hydrogen-bond acceptors (Lipinski definition) is 7. The largest absolute Gasteiger partial charge is 0.343 e. The van der Waals surface area contributed by atoms with E-state index in [4.69, 9.17) is 10.4 Å². The van der Waals surface area contributed by atoms with Crippen LogP contribution in [0.5, 0.6) is 0 Å². The quantitative estimate of drug-likeness (QED) is 0.514. The summed E-state index contributed by atoms with van der Waals surface area (Å²) < 4.78 is 4.78. The van der Waals surface area contributed by atoms with Gasteiger partial charge in [0.25, 0.3) is 5.91 Å². The van der Waals surface area contributed by atoms with Crippen LogP contribution >= 0.6 is 0 Å². The molecule has 0 saturated carbocycles. The molecule has 2 heterocycles. The van der Waals surface area contributed by atoms with Gasteiger partial charge in [-0.1, -0.05) is 5.16 Å². The second-order valence-electron chi connectivity index (χ2n) is 3.49. The molecule has 0 bridgehead atoms. The summed E-state index contributed by atoms with van der Waals surface area (Å²) in [5.74, 6) is 5.75. The Balaban J connectivity index is 1.94. The van der Waals surface area contributed by atoms with E-state index in [1.54, 1.807) is 19.1 Å². The number of hydrogen-bond donors (Lipinski definition) is 3. The molecule has 0 aliphatic heterocycles. The molecule has 8 heteroatoms. The Hall–Kier alpha value is -2.48. The van der Waals surface area contributed by atoms with E-state index >= 15 is 0 Å². The lowest BCUT2D eigenvalue weighted by molar-refractivity contribution is 0.0944. The van der Waals surface area contributed by atoms with E-state index in [2.05, 4.69) is 25.9 Å². The lowest BCUT2D eigenvalue weighted by atomic mass is 10.3. The molecule has 0 unspecified atom stereocenters. The molecule has 8 nitrogen and oxygen atoms in total. The number of carbonyl (C=O) groups excluding carboxylic acids is 1. The highest BCUT2D eigenvalue weighted by atomic mass is 16.5. The van der Waals surface area contributed by atoms with Crippen LogP contribution in [0.15, 0.2) is 22.9 Å². The SMILES string of the molecule is Cc1nc(CNC(=O)c2ccc(NN)cn2)no1. The lowest BCUT2D eigenvalue weighted by Gasteiger charge is -2.03. The monoisotopic (exact) mass is 248 g/mol. The van der Waals surface area contributed by atoms with Crippen molar-refractivity contribution < 1.29 is 9.32 Å². The summed E-state index contributed by atoms with van der Waals surface area (Å²) >= 11 is 0. The van der Waals surface area contributed by atoms with Crippen LogP contribution in [0.25, 0.3) is 0 Å². The van der Waals surface area contributed by atoms with E-state index in [1.807, 2.05) is 0 Å². The van der Waals surface area contributed by atoms with Gasteiger partial charge < -0.3 is 15.3 Å². The molecular formula is C10H12N6O2. The molecule has 0 aliphatic carbocycles. The molecular weight excluding hydrogens is 236 g/mol. The fourth-order valence-corrected chi connectivity index (χ4v) is 1.28. The van der Waals surface area contributed by atoms with Gasteiger partial charge in [0, 0.05) is 6.92 Å². The Bertz CT molecular complexity index is 536. The van der Waals surface area contributed by atoms with Crippen LogP contribution < -0.4 is 16.6 Å². The zero-order valence-corrected chi connectivity index (χ0v) is 9.67. The van der Waals surface area contributed by atoms with E-state index in [-0.39, 0.29) is 18.1 Å². The van der Waals surface area contributed by atoms with Crippen LogP contribution in [0.4, 0.5) is 5.69 Å². The van der Waals surface area contributed by atoms with Gasteiger partial charge in [-0.3, -0.25) is 10.6 Å². The maximum Gasteiger partial charge on any atom is 0.270 e. The Morgan fingerprint density at radius 3 is 2.89 bits per heavy atom. The van der Waals surface area contributed by atoms with Crippen molar-refractivity contribution in [1.82, 2.24) is 20.4 Å². The maximum absolute atomic E-state index is 11.7. The highest BCUT2D eigenvalue weighted by molar-refractivity contribution is 5.92. The zero-order valence-electron chi connectivity index (χ0n) is 9.67. The molecule has 0 spiro atoms. The summed E-state index contributed by atoms with van der Waals surface area (Å²) in [5, 5.41) is 6.29. The van der Waals surface area contributed by atoms with Gasteiger partial charge in [0.1, 0.15) is 5.69 Å². The minimum atomic E-state index is -0.318. The number of nitrogens with two attached hydrogens (primary N) is 1. The fraction of sp³-hybridized carbons (Fsp3) is 0.200. The summed E-state index contributed by atoms with van der Waals surface area (Å²) in [6, 6.07) is 3.21. The van der Waals surface area contributed by atoms with E-state index in [9.17, 15) is 4.79 Å². The highest BCUT2D eigenvalue weighted by Gasteiger charge is 2.08. The maximum atomic E-state index is 11.7. The Morgan fingerprint density at radius 2 is 2.33 bits per heavy atom. The first-order valence-electron chi connectivity index (χ1n) is 5.19. The summed E-state index contributed by atoms with van der Waals surface area (Å²) in [5.41, 5.74) is 3.34. The number of carbonyl (C=O) groups is 1. The molecule has 2 aromatic heterocycles. The van der Waals surface area contributed by atoms with E-state index in [0.29, 0.717) is 17.4 Å². The van der Waals surface area contributed by atoms with Gasteiger partial charge in [0.2, 0.25) is 5.89 Å². The number of anilines is 1. The first-order valence-corrected chi connectivity index (χ1v) is 5.19. The summed E-state index contributed by atoms with van der Waals surface area (Å²) in [6.45, 7) is 1.87. The number of rotatable bonds is 4. The average molecular weight is 248 g/mol. The summed E-state index contributed by atoms with van der Waals surface area (Å²) in [6.07, 6.45) is 1.47. The first-order chi connectivity index (χ1) is 8.69. The van der Waals surface area contributed by atoms with Crippen molar-refractivity contribution in [2.45, 2.75) is 13.5 Å². The van der Waals surface area contributed by atoms with Crippen molar-refractivity contribution in [2.24, 2.45) is 5.84 Å². The molecule has 1 amide bonds. The van der Waals surface area contributed by atoms with Gasteiger partial charge >= 0.3 is 0 Å². The second-order valence-corrected chi connectivity index (χ2v) is 3.49. The zero-order chi connectivity index (χ0) is 13.0. The second kappa shape index (κ2) is 5.23. The van der Waals surface area contributed by atoms with Crippen LogP contribution in [0.2, 0.25) is 0 Å². The van der Waals surface area contributed by atoms with Gasteiger partial charge in [-0.2, -0.15) is 4.98 Å². The average Bonchev–Trinajstić information content (AvgIpc) is 2.82. The van der Waals surface area contributed by atoms with Gasteiger partial charge in [0.15, 0.2) is 5.82 Å². The number of pyridine rings is 1. The third-order valence-electron chi connectivity index (χ3n) is 2.14. The minimum Gasteiger partial charge on any atom is -0.343 e. The van der Waals surface area contributed by atoms with Crippen molar-refractivity contribution in [3.05, 3.63) is 35.7 Å². The number of nitrogen functional groups attached to an aromatic ring is 1. The molecule has 2 rings (SSSR count). The van der Waals surface area contributed by atoms with Gasteiger partial charge in [0.05, 0.1) is 18.4 Å². The predicted molar refractivity (Wildman–Crippen MR) is 62.3 cm³/mol. The number of aromatic nitrogens is 3. The van der Waals surface area contributed by atoms with E-state index in [0.717, 1.165) is 0 Å². The van der Waals surface area contributed by atoms with Gasteiger partial charge in [-0.15, -0.1) is 0 Å². The molecule has 4 N–H and O–H groups in total. The van der Waals surface area contributed by atoms with Gasteiger partial charge in [-0.05, 0) is 12.1 Å². The molecule has 2 aromatic rings. The molecule has 0 atom stereocenters. The van der Waals surface area contributed by atoms with Crippen LogP contribution in [-0.2, 0) is 6.54 Å². The molecule has 0 radical (unpaired) electrons. The molecule has 0 aromatic carbocycles. The van der Waals surface area contributed by atoms with E-state index in [1.165, 1.54) is 6.20 Å². The molecule has 18 heavy (non-hydrogen) atoms. The molecule has 0 saturated heterocycles. The molecule has 0 fully saturated rings. The Kier molecular flexibility index (Phi) is 3.49. The third-order valence-corrected chi connectivity index (χ3v) is 2.14. The Morgan fingerprint density at radius 1 is 1.50 bits per heavy atom. The molecule has 0 aliphatic rings. The fourth-order valence-electron chi connectivity index (χ4n) is 1.28. The van der Waals surface area contributed by atoms with Crippen molar-refractivity contribution >= 4 is 11.6 Å². The van der Waals surface area contributed by atoms with Crippen LogP contribution in [0.3, 0.4) is 0 Å². The smallest absolute Gasteiger partial charge is 0.270 e. The van der Waals surface area contributed by atoms with Crippen molar-refractivity contribution in [2.75, 3.05) is 5.43 Å².